The van der Waals surface area contributed by atoms with Crippen molar-refractivity contribution in [1.82, 2.24) is 0 Å². The first kappa shape index (κ1) is 12.8. The van der Waals surface area contributed by atoms with Crippen LogP contribution in [0.4, 0.5) is 0 Å². The molecular weight excluding hydrogens is 232 g/mol. The molecular formula is C11H13ClO4. The van der Waals surface area contributed by atoms with Gasteiger partial charge in [-0.1, -0.05) is 17.7 Å². The molecule has 0 saturated carbocycles. The maximum absolute atomic E-state index is 10.7. The molecule has 5 heteroatoms. The largest absolute Gasteiger partial charge is 0.481 e. The summed E-state index contributed by atoms with van der Waals surface area (Å²) < 4.78 is 10.1. The zero-order valence-corrected chi connectivity index (χ0v) is 9.87. The first-order chi connectivity index (χ1) is 7.56. The second-order valence-electron chi connectivity index (χ2n) is 3.29. The molecule has 0 aliphatic rings. The van der Waals surface area contributed by atoms with Crippen molar-refractivity contribution in [3.63, 3.8) is 0 Å². The minimum absolute atomic E-state index is 0.0375. The summed E-state index contributed by atoms with van der Waals surface area (Å²) in [6.07, 6.45) is -0.120. The fourth-order valence-corrected chi connectivity index (χ4v) is 1.57. The summed E-state index contributed by atoms with van der Waals surface area (Å²) in [6, 6.07) is 3.44. The third-order valence-electron chi connectivity index (χ3n) is 2.10. The second-order valence-corrected chi connectivity index (χ2v) is 3.70. The number of rotatable bonds is 5. The molecule has 0 radical (unpaired) electrons. The van der Waals surface area contributed by atoms with E-state index in [4.69, 9.17) is 26.2 Å². The minimum Gasteiger partial charge on any atom is -0.481 e. The molecule has 0 saturated heterocycles. The van der Waals surface area contributed by atoms with Crippen LogP contribution < -0.4 is 4.74 Å². The Morgan fingerprint density at radius 2 is 2.19 bits per heavy atom. The van der Waals surface area contributed by atoms with Crippen molar-refractivity contribution in [2.45, 2.75) is 13.3 Å². The van der Waals surface area contributed by atoms with E-state index in [-0.39, 0.29) is 13.2 Å². The van der Waals surface area contributed by atoms with E-state index in [1.807, 2.05) is 6.92 Å². The Labute approximate surface area is 98.7 Å². The molecule has 0 heterocycles. The van der Waals surface area contributed by atoms with E-state index in [0.717, 1.165) is 5.56 Å². The van der Waals surface area contributed by atoms with Crippen molar-refractivity contribution in [3.8, 4) is 5.75 Å². The van der Waals surface area contributed by atoms with E-state index in [1.165, 1.54) is 7.11 Å². The smallest absolute Gasteiger partial charge is 0.307 e. The molecule has 1 aromatic rings. The molecule has 0 unspecified atom stereocenters. The van der Waals surface area contributed by atoms with Gasteiger partial charge in [-0.15, -0.1) is 0 Å². The SMILES string of the molecule is COCOc1c(Cl)ccc(C)c1CC(=O)O. The van der Waals surface area contributed by atoms with Crippen LogP contribution in [0.3, 0.4) is 0 Å². The maximum atomic E-state index is 10.7. The predicted molar refractivity (Wildman–Crippen MR) is 60.0 cm³/mol. The van der Waals surface area contributed by atoms with Gasteiger partial charge in [0.2, 0.25) is 0 Å². The van der Waals surface area contributed by atoms with Gasteiger partial charge in [-0.05, 0) is 18.6 Å². The lowest BCUT2D eigenvalue weighted by Crippen LogP contribution is -2.08. The highest BCUT2D eigenvalue weighted by Gasteiger charge is 2.14. The summed E-state index contributed by atoms with van der Waals surface area (Å²) in [5, 5.41) is 9.19. The number of hydrogen-bond donors (Lipinski definition) is 1. The van der Waals surface area contributed by atoms with E-state index in [2.05, 4.69) is 0 Å². The van der Waals surface area contributed by atoms with Crippen LogP contribution in [-0.2, 0) is 16.0 Å². The highest BCUT2D eigenvalue weighted by molar-refractivity contribution is 6.32. The molecule has 16 heavy (non-hydrogen) atoms. The van der Waals surface area contributed by atoms with Gasteiger partial charge in [0.25, 0.3) is 0 Å². The van der Waals surface area contributed by atoms with Crippen LogP contribution >= 0.6 is 11.6 Å². The van der Waals surface area contributed by atoms with Gasteiger partial charge in [-0.2, -0.15) is 0 Å². The molecule has 1 rings (SSSR count). The molecule has 0 aliphatic heterocycles. The highest BCUT2D eigenvalue weighted by atomic mass is 35.5. The third-order valence-corrected chi connectivity index (χ3v) is 2.39. The first-order valence-electron chi connectivity index (χ1n) is 4.67. The van der Waals surface area contributed by atoms with Gasteiger partial charge in [0, 0.05) is 12.7 Å². The van der Waals surface area contributed by atoms with Crippen LogP contribution in [0.2, 0.25) is 5.02 Å². The molecule has 0 bridgehead atoms. The number of carbonyl (C=O) groups is 1. The quantitative estimate of drug-likeness (QED) is 0.808. The number of hydrogen-bond acceptors (Lipinski definition) is 3. The lowest BCUT2D eigenvalue weighted by atomic mass is 10.0. The molecule has 1 N–H and O–H groups in total. The lowest BCUT2D eigenvalue weighted by Gasteiger charge is -2.13. The van der Waals surface area contributed by atoms with E-state index < -0.39 is 5.97 Å². The maximum Gasteiger partial charge on any atom is 0.307 e. The van der Waals surface area contributed by atoms with Gasteiger partial charge in [-0.25, -0.2) is 0 Å². The van der Waals surface area contributed by atoms with Crippen molar-refractivity contribution in [2.24, 2.45) is 0 Å². The lowest BCUT2D eigenvalue weighted by molar-refractivity contribution is -0.136. The molecule has 0 spiro atoms. The fourth-order valence-electron chi connectivity index (χ4n) is 1.34. The van der Waals surface area contributed by atoms with Crippen molar-refractivity contribution in [3.05, 3.63) is 28.3 Å². The first-order valence-corrected chi connectivity index (χ1v) is 5.05. The van der Waals surface area contributed by atoms with Crippen molar-refractivity contribution < 1.29 is 19.4 Å². The number of ether oxygens (including phenoxy) is 2. The summed E-state index contributed by atoms with van der Waals surface area (Å²) in [7, 11) is 1.49. The van der Waals surface area contributed by atoms with E-state index in [1.54, 1.807) is 12.1 Å². The number of carboxylic acid groups (broad SMARTS) is 1. The van der Waals surface area contributed by atoms with Crippen LogP contribution in [0, 0.1) is 6.92 Å². The normalized spacial score (nSPS) is 10.2. The summed E-state index contributed by atoms with van der Waals surface area (Å²) in [5.74, 6) is -0.543. The molecule has 1 aromatic carbocycles. The number of halogens is 1. The van der Waals surface area contributed by atoms with Crippen molar-refractivity contribution in [2.75, 3.05) is 13.9 Å². The second kappa shape index (κ2) is 5.72. The number of aliphatic carboxylic acids is 1. The van der Waals surface area contributed by atoms with Gasteiger partial charge in [0.1, 0.15) is 5.75 Å². The molecule has 0 fully saturated rings. The predicted octanol–water partition coefficient (Wildman–Crippen LogP) is 2.26. The molecule has 88 valence electrons. The van der Waals surface area contributed by atoms with Gasteiger partial charge >= 0.3 is 5.97 Å². The van der Waals surface area contributed by atoms with Gasteiger partial charge < -0.3 is 14.6 Å². The van der Waals surface area contributed by atoms with Crippen LogP contribution in [0.25, 0.3) is 0 Å². The number of aryl methyl sites for hydroxylation is 1. The number of benzene rings is 1. The van der Waals surface area contributed by atoms with Crippen LogP contribution in [-0.4, -0.2) is 25.0 Å². The average Bonchev–Trinajstić information content (AvgIpc) is 2.22. The Bertz CT molecular complexity index is 390. The Morgan fingerprint density at radius 3 is 2.75 bits per heavy atom. The van der Waals surface area contributed by atoms with E-state index in [9.17, 15) is 4.79 Å². The number of carboxylic acids is 1. The Hall–Kier alpha value is -1.26. The van der Waals surface area contributed by atoms with Crippen molar-refractivity contribution in [1.29, 1.82) is 0 Å². The average molecular weight is 245 g/mol. The summed E-state index contributed by atoms with van der Waals surface area (Å²) in [5.41, 5.74) is 1.41. The van der Waals surface area contributed by atoms with Crippen molar-refractivity contribution >= 4 is 17.6 Å². The van der Waals surface area contributed by atoms with Crippen LogP contribution in [0.5, 0.6) is 5.75 Å². The Morgan fingerprint density at radius 1 is 1.50 bits per heavy atom. The molecule has 0 amide bonds. The Balaban J connectivity index is 3.09. The van der Waals surface area contributed by atoms with E-state index >= 15 is 0 Å². The Kier molecular flexibility index (Phi) is 4.58. The number of methoxy groups -OCH3 is 1. The highest BCUT2D eigenvalue weighted by Crippen LogP contribution is 2.31. The fraction of sp³-hybridized carbons (Fsp3) is 0.364. The van der Waals surface area contributed by atoms with Gasteiger partial charge in [0.15, 0.2) is 6.79 Å². The molecule has 0 atom stereocenters. The zero-order chi connectivity index (χ0) is 12.1. The summed E-state index contributed by atoms with van der Waals surface area (Å²) in [4.78, 5) is 10.7. The third kappa shape index (κ3) is 3.12. The molecule has 0 aromatic heterocycles. The standard InChI is InChI=1S/C11H13ClO4/c1-7-3-4-9(12)11(16-6-15-2)8(7)5-10(13)14/h3-4H,5-6H2,1-2H3,(H,13,14). The van der Waals surface area contributed by atoms with E-state index in [0.29, 0.717) is 16.3 Å². The van der Waals surface area contributed by atoms with Crippen LogP contribution in [0.1, 0.15) is 11.1 Å². The van der Waals surface area contributed by atoms with Gasteiger partial charge in [-0.3, -0.25) is 4.79 Å². The van der Waals surface area contributed by atoms with Crippen LogP contribution in [0.15, 0.2) is 12.1 Å². The van der Waals surface area contributed by atoms with Gasteiger partial charge in [0.05, 0.1) is 11.4 Å². The summed E-state index contributed by atoms with van der Waals surface area (Å²) in [6.45, 7) is 1.85. The minimum atomic E-state index is -0.923. The summed E-state index contributed by atoms with van der Waals surface area (Å²) >= 11 is 5.95. The topological polar surface area (TPSA) is 55.8 Å². The molecule has 0 aliphatic carbocycles. The zero-order valence-electron chi connectivity index (χ0n) is 9.12. The molecule has 4 nitrogen and oxygen atoms in total. The monoisotopic (exact) mass is 244 g/mol.